The Labute approximate surface area is 271 Å². The number of hydrogen-bond donors (Lipinski definition) is 3. The number of rotatable bonds is 7. The number of urea groups is 1. The van der Waals surface area contributed by atoms with E-state index in [1.54, 1.807) is 24.3 Å². The van der Waals surface area contributed by atoms with Gasteiger partial charge in [0.25, 0.3) is 5.91 Å². The average molecular weight is 660 g/mol. The standard InChI is InChI=1S/C24H27Cl2N3O4.C8H6ClNO/c1-14-7-6-10-18(26)20(14)29-24(32)27-19-13-16(25)11-12-17(19)22(30)28-21(23(31)33-2)15-8-4-3-5-9-15;1-6-3-2-4-7(9)8(6)10-5-11/h6-7,10-13,15,21H,3-5,8-9H2,1-2H3,(H,28,30)(H2,27,29,32);2-4H,1H3/t21-;/m0./s1. The molecule has 1 fully saturated rings. The summed E-state index contributed by atoms with van der Waals surface area (Å²) in [6, 6.07) is 13.8. The van der Waals surface area contributed by atoms with E-state index in [9.17, 15) is 19.2 Å². The summed E-state index contributed by atoms with van der Waals surface area (Å²) in [5.74, 6) is -0.979. The van der Waals surface area contributed by atoms with Gasteiger partial charge in [-0.25, -0.2) is 14.4 Å². The van der Waals surface area contributed by atoms with Gasteiger partial charge in [0.2, 0.25) is 6.08 Å². The molecule has 3 aromatic rings. The van der Waals surface area contributed by atoms with Crippen molar-refractivity contribution >= 4 is 75.9 Å². The largest absolute Gasteiger partial charge is 0.467 e. The van der Waals surface area contributed by atoms with Gasteiger partial charge >= 0.3 is 12.0 Å². The van der Waals surface area contributed by atoms with Crippen LogP contribution in [0.4, 0.5) is 21.9 Å². The van der Waals surface area contributed by atoms with E-state index in [1.165, 1.54) is 25.3 Å². The number of hydrogen-bond acceptors (Lipinski definition) is 6. The molecule has 3 aromatic carbocycles. The van der Waals surface area contributed by atoms with Gasteiger partial charge in [-0.3, -0.25) is 4.79 Å². The number of carbonyl (C=O) groups excluding carboxylic acids is 4. The smallest absolute Gasteiger partial charge is 0.328 e. The molecular formula is C32H33Cl3N4O5. The van der Waals surface area contributed by atoms with E-state index >= 15 is 0 Å². The van der Waals surface area contributed by atoms with Gasteiger partial charge in [-0.2, -0.15) is 4.99 Å². The molecule has 0 aliphatic heterocycles. The van der Waals surface area contributed by atoms with Gasteiger partial charge in [0, 0.05) is 5.02 Å². The molecule has 0 heterocycles. The summed E-state index contributed by atoms with van der Waals surface area (Å²) in [6.07, 6.45) is 6.25. The number of isocyanates is 1. The molecule has 3 amide bonds. The molecule has 0 spiro atoms. The molecule has 1 saturated carbocycles. The van der Waals surface area contributed by atoms with Crippen LogP contribution in [-0.4, -0.2) is 37.1 Å². The third-order valence-electron chi connectivity index (χ3n) is 7.14. The maximum atomic E-state index is 13.1. The second-order valence-electron chi connectivity index (χ2n) is 10.2. The fourth-order valence-electron chi connectivity index (χ4n) is 4.87. The van der Waals surface area contributed by atoms with Crippen LogP contribution in [0.3, 0.4) is 0 Å². The number of aliphatic imine (C=N–C) groups is 1. The number of carbonyl (C=O) groups is 3. The van der Waals surface area contributed by atoms with Crippen LogP contribution >= 0.6 is 34.8 Å². The minimum atomic E-state index is -0.758. The number of ether oxygens (including phenoxy) is 1. The lowest BCUT2D eigenvalue weighted by atomic mass is 9.83. The van der Waals surface area contributed by atoms with Gasteiger partial charge in [0.1, 0.15) is 6.04 Å². The summed E-state index contributed by atoms with van der Waals surface area (Å²) in [4.78, 5) is 51.6. The quantitative estimate of drug-likeness (QED) is 0.133. The molecule has 0 aromatic heterocycles. The number of nitrogens with one attached hydrogen (secondary N) is 3. The number of anilines is 2. The van der Waals surface area contributed by atoms with Gasteiger partial charge in [-0.15, -0.1) is 0 Å². The third-order valence-corrected chi connectivity index (χ3v) is 8.00. The van der Waals surface area contributed by atoms with Gasteiger partial charge in [-0.1, -0.05) is 78.3 Å². The van der Waals surface area contributed by atoms with Crippen molar-refractivity contribution in [2.75, 3.05) is 17.7 Å². The summed E-state index contributed by atoms with van der Waals surface area (Å²) in [7, 11) is 1.31. The van der Waals surface area contributed by atoms with Crippen LogP contribution in [0.1, 0.15) is 53.6 Å². The van der Waals surface area contributed by atoms with E-state index < -0.39 is 23.9 Å². The number of amides is 3. The number of aryl methyl sites for hydroxylation is 2. The molecule has 12 heteroatoms. The molecule has 1 aliphatic carbocycles. The van der Waals surface area contributed by atoms with Crippen LogP contribution in [0.2, 0.25) is 15.1 Å². The molecule has 0 unspecified atom stereocenters. The third kappa shape index (κ3) is 9.56. The van der Waals surface area contributed by atoms with Crippen LogP contribution in [0, 0.1) is 19.8 Å². The Morgan fingerprint density at radius 2 is 1.57 bits per heavy atom. The Morgan fingerprint density at radius 3 is 2.18 bits per heavy atom. The average Bonchev–Trinajstić information content (AvgIpc) is 3.00. The van der Waals surface area contributed by atoms with Crippen LogP contribution in [0.5, 0.6) is 0 Å². The lowest BCUT2D eigenvalue weighted by Crippen LogP contribution is -2.47. The first kappa shape index (κ1) is 34.6. The first-order valence-corrected chi connectivity index (χ1v) is 15.0. The minimum Gasteiger partial charge on any atom is -0.467 e. The SMILES string of the molecule is COC(=O)[C@@H](NC(=O)c1ccc(Cl)cc1NC(=O)Nc1c(C)cccc1Cl)C1CCCCC1.Cc1cccc(Cl)c1N=C=O. The van der Waals surface area contributed by atoms with Crippen LogP contribution in [0.25, 0.3) is 0 Å². The zero-order valence-electron chi connectivity index (χ0n) is 24.5. The summed E-state index contributed by atoms with van der Waals surface area (Å²) >= 11 is 18.0. The van der Waals surface area contributed by atoms with Crippen LogP contribution in [0.15, 0.2) is 59.6 Å². The predicted molar refractivity (Wildman–Crippen MR) is 174 cm³/mol. The summed E-state index contributed by atoms with van der Waals surface area (Å²) in [5, 5.41) is 9.38. The van der Waals surface area contributed by atoms with Crippen LogP contribution in [-0.2, 0) is 14.3 Å². The summed E-state index contributed by atoms with van der Waals surface area (Å²) in [6.45, 7) is 3.65. The summed E-state index contributed by atoms with van der Waals surface area (Å²) < 4.78 is 4.94. The fourth-order valence-corrected chi connectivity index (χ4v) is 5.57. The van der Waals surface area contributed by atoms with Crippen molar-refractivity contribution in [3.63, 3.8) is 0 Å². The molecule has 232 valence electrons. The molecule has 1 aliphatic rings. The molecule has 9 nitrogen and oxygen atoms in total. The predicted octanol–water partition coefficient (Wildman–Crippen LogP) is 8.41. The van der Waals surface area contributed by atoms with Crippen molar-refractivity contribution in [1.82, 2.24) is 5.32 Å². The van der Waals surface area contributed by atoms with E-state index in [0.29, 0.717) is 26.4 Å². The Morgan fingerprint density at radius 1 is 0.909 bits per heavy atom. The monoisotopic (exact) mass is 658 g/mol. The molecule has 0 saturated heterocycles. The molecule has 44 heavy (non-hydrogen) atoms. The van der Waals surface area contributed by atoms with E-state index in [4.69, 9.17) is 39.5 Å². The molecular weight excluding hydrogens is 627 g/mol. The van der Waals surface area contributed by atoms with Crippen molar-refractivity contribution in [2.24, 2.45) is 10.9 Å². The maximum absolute atomic E-state index is 13.1. The zero-order valence-corrected chi connectivity index (χ0v) is 26.8. The van der Waals surface area contributed by atoms with Crippen molar-refractivity contribution < 1.29 is 23.9 Å². The molecule has 3 N–H and O–H groups in total. The van der Waals surface area contributed by atoms with Crippen LogP contribution < -0.4 is 16.0 Å². The second kappa shape index (κ2) is 16.8. The van der Waals surface area contributed by atoms with Crippen molar-refractivity contribution in [3.8, 4) is 0 Å². The zero-order chi connectivity index (χ0) is 32.2. The maximum Gasteiger partial charge on any atom is 0.328 e. The van der Waals surface area contributed by atoms with Gasteiger partial charge in [0.05, 0.1) is 39.8 Å². The number of benzene rings is 3. The van der Waals surface area contributed by atoms with E-state index in [2.05, 4.69) is 20.9 Å². The Kier molecular flexibility index (Phi) is 13.2. The number of methoxy groups -OCH3 is 1. The fraction of sp³-hybridized carbons (Fsp3) is 0.312. The highest BCUT2D eigenvalue weighted by Crippen LogP contribution is 2.30. The highest BCUT2D eigenvalue weighted by Gasteiger charge is 2.32. The lowest BCUT2D eigenvalue weighted by Gasteiger charge is -2.29. The Balaban J connectivity index is 0.000000404. The molecule has 1 atom stereocenters. The first-order valence-electron chi connectivity index (χ1n) is 13.9. The normalized spacial score (nSPS) is 13.3. The highest BCUT2D eigenvalue weighted by atomic mass is 35.5. The Bertz CT molecular complexity index is 1510. The minimum absolute atomic E-state index is 0.00496. The van der Waals surface area contributed by atoms with Crippen molar-refractivity contribution in [1.29, 1.82) is 0 Å². The van der Waals surface area contributed by atoms with E-state index in [0.717, 1.165) is 43.2 Å². The van der Waals surface area contributed by atoms with Gasteiger partial charge in [-0.05, 0) is 74.1 Å². The number of halogens is 3. The van der Waals surface area contributed by atoms with Gasteiger partial charge in [0.15, 0.2) is 0 Å². The topological polar surface area (TPSA) is 126 Å². The molecule has 0 bridgehead atoms. The van der Waals surface area contributed by atoms with Crippen molar-refractivity contribution in [3.05, 3.63) is 86.4 Å². The molecule has 4 rings (SSSR count). The van der Waals surface area contributed by atoms with Gasteiger partial charge < -0.3 is 20.7 Å². The first-order chi connectivity index (χ1) is 21.0. The highest BCUT2D eigenvalue weighted by molar-refractivity contribution is 6.34. The van der Waals surface area contributed by atoms with E-state index in [1.807, 2.05) is 32.0 Å². The lowest BCUT2D eigenvalue weighted by molar-refractivity contribution is -0.144. The Hall–Kier alpha value is -3.88. The number of esters is 1. The number of nitrogens with zero attached hydrogens (tertiary/aromatic N) is 1. The number of para-hydroxylation sites is 2. The molecule has 0 radical (unpaired) electrons. The second-order valence-corrected chi connectivity index (χ2v) is 11.4. The summed E-state index contributed by atoms with van der Waals surface area (Å²) in [5.41, 5.74) is 3.01. The van der Waals surface area contributed by atoms with Crippen molar-refractivity contribution in [2.45, 2.75) is 52.0 Å². The van der Waals surface area contributed by atoms with E-state index in [-0.39, 0.29) is 17.2 Å².